The lowest BCUT2D eigenvalue weighted by Crippen LogP contribution is -2.43. The molecule has 4 N–H and O–H groups in total. The van der Waals surface area contributed by atoms with Crippen LogP contribution in [0.5, 0.6) is 11.5 Å². The number of aliphatic hydroxyl groups is 2. The third-order valence-corrected chi connectivity index (χ3v) is 5.21. The molecule has 0 aliphatic heterocycles. The van der Waals surface area contributed by atoms with Crippen molar-refractivity contribution >= 4 is 11.0 Å². The smallest absolute Gasteiger partial charge is 0.258 e. The molecule has 2 aromatic carbocycles. The highest BCUT2D eigenvalue weighted by atomic mass is 16.5. The molecular weight excluding hydrogens is 428 g/mol. The number of ether oxygens (including phenoxy) is 2. The first-order chi connectivity index (χ1) is 16.0. The van der Waals surface area contributed by atoms with Crippen LogP contribution in [0.15, 0.2) is 45.3 Å². The summed E-state index contributed by atoms with van der Waals surface area (Å²) in [4.78, 5) is 4.46. The summed E-state index contributed by atoms with van der Waals surface area (Å²) in [6, 6.07) is 12.2. The van der Waals surface area contributed by atoms with Crippen LogP contribution >= 0.6 is 0 Å². The van der Waals surface area contributed by atoms with E-state index in [0.29, 0.717) is 45.8 Å². The fourth-order valence-electron chi connectivity index (χ4n) is 3.34. The van der Waals surface area contributed by atoms with Crippen LogP contribution < -0.4 is 15.2 Å². The van der Waals surface area contributed by atoms with Crippen LogP contribution in [0, 0.1) is 11.3 Å². The molecule has 0 bridgehead atoms. The number of nitrogens with zero attached hydrogens (tertiary/aromatic N) is 3. The molecule has 0 spiro atoms. The number of fused-ring (bicyclic) bond motifs is 1. The predicted molar refractivity (Wildman–Crippen MR) is 117 cm³/mol. The lowest BCUT2D eigenvalue weighted by Gasteiger charge is -2.21. The molecule has 2 heterocycles. The highest BCUT2D eigenvalue weighted by Gasteiger charge is 2.30. The summed E-state index contributed by atoms with van der Waals surface area (Å²) >= 11 is 0. The van der Waals surface area contributed by atoms with Crippen LogP contribution in [0.3, 0.4) is 0 Å². The first kappa shape index (κ1) is 22.3. The Morgan fingerprint density at radius 1 is 1.15 bits per heavy atom. The Morgan fingerprint density at radius 2 is 1.94 bits per heavy atom. The van der Waals surface area contributed by atoms with Crippen LogP contribution in [-0.4, -0.2) is 47.3 Å². The minimum absolute atomic E-state index is 0.223. The van der Waals surface area contributed by atoms with E-state index in [1.165, 1.54) is 7.11 Å². The standard InChI is InChI=1S/C23H22N4O6/c1-3-31-17-5-4-13(6-15(17)10-24)22-26-21(27-33-22)16-7-14-8-20(23(25,11-28)12-29)32-18(14)9-19(16)30-2/h4-9,28-29H,3,11-12,25H2,1-2H3. The number of nitrogens with two attached hydrogens (primary N) is 1. The van der Waals surface area contributed by atoms with Gasteiger partial charge in [-0.2, -0.15) is 10.2 Å². The second kappa shape index (κ2) is 8.91. The molecule has 170 valence electrons. The lowest BCUT2D eigenvalue weighted by atomic mass is 10.00. The zero-order valence-electron chi connectivity index (χ0n) is 18.0. The van der Waals surface area contributed by atoms with Gasteiger partial charge in [0, 0.05) is 17.0 Å². The Bertz CT molecular complexity index is 1330. The molecule has 33 heavy (non-hydrogen) atoms. The average molecular weight is 450 g/mol. The SMILES string of the molecule is CCOc1ccc(-c2nc(-c3cc4cc(C(N)(CO)CO)oc4cc3OC)no2)cc1C#N. The van der Waals surface area contributed by atoms with Gasteiger partial charge >= 0.3 is 0 Å². The van der Waals surface area contributed by atoms with Crippen molar-refractivity contribution in [2.45, 2.75) is 12.5 Å². The molecule has 4 aromatic rings. The Balaban J connectivity index is 1.75. The van der Waals surface area contributed by atoms with E-state index in [0.717, 1.165) is 0 Å². The summed E-state index contributed by atoms with van der Waals surface area (Å²) in [5.41, 5.74) is 6.52. The van der Waals surface area contributed by atoms with Crippen LogP contribution in [0.2, 0.25) is 0 Å². The summed E-state index contributed by atoms with van der Waals surface area (Å²) < 4.78 is 22.1. The molecule has 0 aliphatic carbocycles. The number of methoxy groups -OCH3 is 1. The van der Waals surface area contributed by atoms with Gasteiger partial charge in [0.05, 0.1) is 38.1 Å². The van der Waals surface area contributed by atoms with Gasteiger partial charge in [-0.25, -0.2) is 0 Å². The molecule has 4 rings (SSSR count). The Hall–Kier alpha value is -3.91. The maximum atomic E-state index is 9.56. The number of aromatic nitrogens is 2. The number of nitriles is 1. The van der Waals surface area contributed by atoms with E-state index in [9.17, 15) is 15.5 Å². The van der Waals surface area contributed by atoms with Gasteiger partial charge in [0.15, 0.2) is 0 Å². The molecule has 0 unspecified atom stereocenters. The zero-order chi connectivity index (χ0) is 23.6. The minimum Gasteiger partial charge on any atom is -0.496 e. The molecule has 0 fully saturated rings. The van der Waals surface area contributed by atoms with Crippen molar-refractivity contribution in [1.29, 1.82) is 5.26 Å². The van der Waals surface area contributed by atoms with Gasteiger partial charge in [-0.15, -0.1) is 0 Å². The fraction of sp³-hybridized carbons (Fsp3) is 0.261. The molecular formula is C23H22N4O6. The van der Waals surface area contributed by atoms with E-state index in [1.807, 2.05) is 6.92 Å². The molecule has 10 heteroatoms. The minimum atomic E-state index is -1.42. The number of aliphatic hydroxyl groups excluding tert-OH is 2. The van der Waals surface area contributed by atoms with E-state index in [4.69, 9.17) is 24.1 Å². The van der Waals surface area contributed by atoms with Gasteiger partial charge in [0.2, 0.25) is 5.82 Å². The van der Waals surface area contributed by atoms with E-state index in [-0.39, 0.29) is 17.5 Å². The average Bonchev–Trinajstić information content (AvgIpc) is 3.50. The quantitative estimate of drug-likeness (QED) is 0.364. The van der Waals surface area contributed by atoms with Crippen molar-refractivity contribution in [3.63, 3.8) is 0 Å². The van der Waals surface area contributed by atoms with Gasteiger partial charge in [-0.1, -0.05) is 5.16 Å². The second-order valence-corrected chi connectivity index (χ2v) is 7.35. The molecule has 0 saturated heterocycles. The highest BCUT2D eigenvalue weighted by molar-refractivity contribution is 5.87. The lowest BCUT2D eigenvalue weighted by molar-refractivity contribution is 0.105. The maximum absolute atomic E-state index is 9.56. The van der Waals surface area contributed by atoms with Gasteiger partial charge < -0.3 is 34.4 Å². The second-order valence-electron chi connectivity index (χ2n) is 7.35. The van der Waals surface area contributed by atoms with Crippen molar-refractivity contribution in [3.8, 4) is 40.4 Å². The van der Waals surface area contributed by atoms with Crippen molar-refractivity contribution in [2.24, 2.45) is 5.73 Å². The number of furan rings is 1. The van der Waals surface area contributed by atoms with Crippen molar-refractivity contribution in [1.82, 2.24) is 10.1 Å². The Morgan fingerprint density at radius 3 is 2.61 bits per heavy atom. The molecule has 0 amide bonds. The van der Waals surface area contributed by atoms with Gasteiger partial charge in [0.1, 0.15) is 34.5 Å². The Labute approximate surface area is 188 Å². The van der Waals surface area contributed by atoms with Gasteiger partial charge in [-0.3, -0.25) is 0 Å². The summed E-state index contributed by atoms with van der Waals surface area (Å²) in [7, 11) is 1.50. The first-order valence-corrected chi connectivity index (χ1v) is 10.1. The summed E-state index contributed by atoms with van der Waals surface area (Å²) in [6.07, 6.45) is 0. The van der Waals surface area contributed by atoms with Crippen molar-refractivity contribution in [2.75, 3.05) is 26.9 Å². The van der Waals surface area contributed by atoms with Crippen molar-refractivity contribution < 1.29 is 28.6 Å². The van der Waals surface area contributed by atoms with E-state index < -0.39 is 18.8 Å². The summed E-state index contributed by atoms with van der Waals surface area (Å²) in [6.45, 7) is 1.30. The highest BCUT2D eigenvalue weighted by Crippen LogP contribution is 2.37. The fourth-order valence-corrected chi connectivity index (χ4v) is 3.34. The molecule has 0 aliphatic rings. The zero-order valence-corrected chi connectivity index (χ0v) is 18.0. The third kappa shape index (κ3) is 4.01. The number of hydrogen-bond donors (Lipinski definition) is 3. The normalized spacial score (nSPS) is 11.5. The van der Waals surface area contributed by atoms with Crippen LogP contribution in [-0.2, 0) is 5.54 Å². The Kier molecular flexibility index (Phi) is 6.02. The number of benzene rings is 2. The van der Waals surface area contributed by atoms with E-state index in [2.05, 4.69) is 16.2 Å². The van der Waals surface area contributed by atoms with Crippen molar-refractivity contribution in [3.05, 3.63) is 47.7 Å². The topological polar surface area (TPSA) is 161 Å². The van der Waals surface area contributed by atoms with Gasteiger partial charge in [-0.05, 0) is 37.3 Å². The van der Waals surface area contributed by atoms with E-state index >= 15 is 0 Å². The molecule has 0 atom stereocenters. The summed E-state index contributed by atoms with van der Waals surface area (Å²) in [5.74, 6) is 1.63. The van der Waals surface area contributed by atoms with Crippen LogP contribution in [0.1, 0.15) is 18.2 Å². The number of hydrogen-bond acceptors (Lipinski definition) is 10. The van der Waals surface area contributed by atoms with Crippen LogP contribution in [0.4, 0.5) is 0 Å². The predicted octanol–water partition coefficient (Wildman–Crippen LogP) is 2.57. The van der Waals surface area contributed by atoms with Gasteiger partial charge in [0.25, 0.3) is 5.89 Å². The molecule has 0 saturated carbocycles. The van der Waals surface area contributed by atoms with E-state index in [1.54, 1.807) is 36.4 Å². The third-order valence-electron chi connectivity index (χ3n) is 5.21. The number of rotatable bonds is 8. The summed E-state index contributed by atoms with van der Waals surface area (Å²) in [5, 5.41) is 33.2. The first-order valence-electron chi connectivity index (χ1n) is 10.1. The largest absolute Gasteiger partial charge is 0.496 e. The van der Waals surface area contributed by atoms with Crippen LogP contribution in [0.25, 0.3) is 33.8 Å². The molecule has 0 radical (unpaired) electrons. The maximum Gasteiger partial charge on any atom is 0.258 e. The monoisotopic (exact) mass is 450 g/mol. The molecule has 2 aromatic heterocycles. The molecule has 10 nitrogen and oxygen atoms in total.